The number of amides is 1. The average Bonchev–Trinajstić information content (AvgIpc) is 2.14. The van der Waals surface area contributed by atoms with Gasteiger partial charge in [-0.25, -0.2) is 8.42 Å². The third-order valence-electron chi connectivity index (χ3n) is 2.20. The third-order valence-corrected chi connectivity index (χ3v) is 3.58. The van der Waals surface area contributed by atoms with Crippen molar-refractivity contribution in [2.75, 3.05) is 6.26 Å². The zero-order chi connectivity index (χ0) is 13.2. The van der Waals surface area contributed by atoms with Gasteiger partial charge in [0.05, 0.1) is 4.90 Å². The van der Waals surface area contributed by atoms with Gasteiger partial charge in [-0.1, -0.05) is 17.7 Å². The van der Waals surface area contributed by atoms with E-state index in [-0.39, 0.29) is 11.3 Å². The molecule has 0 aromatic heterocycles. The van der Waals surface area contributed by atoms with E-state index < -0.39 is 21.8 Å². The fraction of sp³-hybridized carbons (Fsp3) is 0.300. The van der Waals surface area contributed by atoms with E-state index in [1.165, 1.54) is 18.2 Å². The van der Waals surface area contributed by atoms with Crippen LogP contribution in [0.5, 0.6) is 0 Å². The molecule has 17 heavy (non-hydrogen) atoms. The number of halogens is 1. The number of hydrogen-bond donors (Lipinski definition) is 2. The summed E-state index contributed by atoms with van der Waals surface area (Å²) < 4.78 is 23.1. The maximum atomic E-state index is 11.6. The lowest BCUT2D eigenvalue weighted by Gasteiger charge is -2.14. The van der Waals surface area contributed by atoms with Gasteiger partial charge >= 0.3 is 0 Å². The minimum atomic E-state index is -3.45. The maximum absolute atomic E-state index is 11.6. The molecule has 0 aliphatic rings. The highest BCUT2D eigenvalue weighted by molar-refractivity contribution is 7.90. The highest BCUT2D eigenvalue weighted by Crippen LogP contribution is 2.26. The van der Waals surface area contributed by atoms with Crippen LogP contribution in [0.1, 0.15) is 18.0 Å². The molecule has 5 nitrogen and oxygen atoms in total. The number of rotatable bonds is 4. The lowest BCUT2D eigenvalue weighted by molar-refractivity contribution is -0.118. The lowest BCUT2D eigenvalue weighted by atomic mass is 10.0. The SMILES string of the molecule is CS(=O)(=O)c1cc(Cl)ccc1C(N)CC(N)=O. The molecule has 1 aromatic carbocycles. The van der Waals surface area contributed by atoms with Gasteiger partial charge in [0, 0.05) is 23.7 Å². The predicted molar refractivity (Wildman–Crippen MR) is 65.3 cm³/mol. The van der Waals surface area contributed by atoms with Crippen LogP contribution >= 0.6 is 11.6 Å². The van der Waals surface area contributed by atoms with E-state index in [1.54, 1.807) is 0 Å². The van der Waals surface area contributed by atoms with Crippen LogP contribution < -0.4 is 11.5 Å². The second-order valence-electron chi connectivity index (χ2n) is 3.73. The van der Waals surface area contributed by atoms with Crippen LogP contribution in [-0.2, 0) is 14.6 Å². The summed E-state index contributed by atoms with van der Waals surface area (Å²) in [6.45, 7) is 0. The molecule has 0 saturated heterocycles. The molecule has 0 aliphatic carbocycles. The second-order valence-corrected chi connectivity index (χ2v) is 6.15. The number of carbonyl (C=O) groups is 1. The van der Waals surface area contributed by atoms with Gasteiger partial charge in [-0.2, -0.15) is 0 Å². The first-order valence-electron chi connectivity index (χ1n) is 4.75. The molecule has 1 unspecified atom stereocenters. The van der Waals surface area contributed by atoms with Crippen molar-refractivity contribution in [3.63, 3.8) is 0 Å². The van der Waals surface area contributed by atoms with Gasteiger partial charge in [-0.05, 0) is 17.7 Å². The van der Waals surface area contributed by atoms with Crippen LogP contribution in [0.3, 0.4) is 0 Å². The van der Waals surface area contributed by atoms with E-state index in [0.717, 1.165) is 6.26 Å². The number of primary amides is 1. The Morgan fingerprint density at radius 3 is 2.53 bits per heavy atom. The Morgan fingerprint density at radius 1 is 1.47 bits per heavy atom. The predicted octanol–water partition coefficient (Wildman–Crippen LogP) is 0.619. The van der Waals surface area contributed by atoms with Gasteiger partial charge in [-0.15, -0.1) is 0 Å². The topological polar surface area (TPSA) is 103 Å². The minimum Gasteiger partial charge on any atom is -0.370 e. The normalized spacial score (nSPS) is 13.4. The summed E-state index contributed by atoms with van der Waals surface area (Å²) in [4.78, 5) is 10.8. The molecule has 0 aliphatic heterocycles. The van der Waals surface area contributed by atoms with Crippen molar-refractivity contribution in [3.05, 3.63) is 28.8 Å². The molecule has 0 saturated carbocycles. The van der Waals surface area contributed by atoms with E-state index in [9.17, 15) is 13.2 Å². The molecular weight excluding hydrogens is 264 g/mol. The van der Waals surface area contributed by atoms with Crippen LogP contribution in [0.2, 0.25) is 5.02 Å². The summed E-state index contributed by atoms with van der Waals surface area (Å²) in [6.07, 6.45) is 0.934. The molecule has 4 N–H and O–H groups in total. The highest BCUT2D eigenvalue weighted by atomic mass is 35.5. The lowest BCUT2D eigenvalue weighted by Crippen LogP contribution is -2.22. The molecule has 1 amide bonds. The van der Waals surface area contributed by atoms with Gasteiger partial charge in [-0.3, -0.25) is 4.79 Å². The Hall–Kier alpha value is -1.11. The summed E-state index contributed by atoms with van der Waals surface area (Å²) >= 11 is 5.74. The minimum absolute atomic E-state index is 0.0266. The Morgan fingerprint density at radius 2 is 2.06 bits per heavy atom. The van der Waals surface area contributed by atoms with Crippen molar-refractivity contribution in [1.29, 1.82) is 0 Å². The van der Waals surface area contributed by atoms with Crippen molar-refractivity contribution in [2.24, 2.45) is 11.5 Å². The Kier molecular flexibility index (Phi) is 4.13. The molecule has 1 atom stereocenters. The largest absolute Gasteiger partial charge is 0.370 e. The summed E-state index contributed by atoms with van der Waals surface area (Å²) in [7, 11) is -3.45. The summed E-state index contributed by atoms with van der Waals surface area (Å²) in [5, 5.41) is 0.292. The number of nitrogens with two attached hydrogens (primary N) is 2. The Balaban J connectivity index is 3.29. The monoisotopic (exact) mass is 276 g/mol. The fourth-order valence-electron chi connectivity index (χ4n) is 1.46. The van der Waals surface area contributed by atoms with E-state index in [1.807, 2.05) is 0 Å². The summed E-state index contributed by atoms with van der Waals surface area (Å²) in [6, 6.07) is 3.57. The fourth-order valence-corrected chi connectivity index (χ4v) is 2.69. The van der Waals surface area contributed by atoms with Crippen LogP contribution in [0.4, 0.5) is 0 Å². The van der Waals surface area contributed by atoms with Crippen molar-refractivity contribution < 1.29 is 13.2 Å². The third kappa shape index (κ3) is 3.69. The quantitative estimate of drug-likeness (QED) is 0.841. The number of sulfone groups is 1. The van der Waals surface area contributed by atoms with Crippen molar-refractivity contribution in [3.8, 4) is 0 Å². The molecule has 0 heterocycles. The van der Waals surface area contributed by atoms with E-state index >= 15 is 0 Å². The Labute approximate surface area is 105 Å². The molecule has 94 valence electrons. The van der Waals surface area contributed by atoms with E-state index in [0.29, 0.717) is 10.6 Å². The van der Waals surface area contributed by atoms with Crippen molar-refractivity contribution >= 4 is 27.3 Å². The van der Waals surface area contributed by atoms with E-state index in [4.69, 9.17) is 23.1 Å². The summed E-state index contributed by atoms with van der Waals surface area (Å²) in [5.74, 6) is -0.591. The standard InChI is InChI=1S/C10H13ClN2O3S/c1-17(15,16)9-4-6(11)2-3-7(9)8(12)5-10(13)14/h2-4,8H,5,12H2,1H3,(H2,13,14). The maximum Gasteiger partial charge on any atom is 0.219 e. The van der Waals surface area contributed by atoms with Crippen molar-refractivity contribution in [1.82, 2.24) is 0 Å². The molecule has 0 fully saturated rings. The zero-order valence-corrected chi connectivity index (χ0v) is 10.8. The van der Waals surface area contributed by atoms with Crippen LogP contribution in [0, 0.1) is 0 Å². The summed E-state index contributed by atoms with van der Waals surface area (Å²) in [5.41, 5.74) is 11.1. The first-order valence-corrected chi connectivity index (χ1v) is 7.02. The molecule has 0 bridgehead atoms. The molecule has 0 radical (unpaired) electrons. The van der Waals surface area contributed by atoms with Crippen LogP contribution in [0.15, 0.2) is 23.1 Å². The molecular formula is C10H13ClN2O3S. The van der Waals surface area contributed by atoms with Crippen LogP contribution in [-0.4, -0.2) is 20.6 Å². The average molecular weight is 277 g/mol. The van der Waals surface area contributed by atoms with Crippen LogP contribution in [0.25, 0.3) is 0 Å². The number of benzene rings is 1. The van der Waals surface area contributed by atoms with Gasteiger partial charge in [0.25, 0.3) is 0 Å². The molecule has 1 aromatic rings. The first kappa shape index (κ1) is 14.0. The van der Waals surface area contributed by atoms with E-state index in [2.05, 4.69) is 0 Å². The van der Waals surface area contributed by atoms with Gasteiger partial charge in [0.1, 0.15) is 0 Å². The molecule has 7 heteroatoms. The first-order chi connectivity index (χ1) is 7.71. The molecule has 0 spiro atoms. The van der Waals surface area contributed by atoms with Gasteiger partial charge in [0.15, 0.2) is 9.84 Å². The number of hydrogen-bond acceptors (Lipinski definition) is 4. The molecule has 1 rings (SSSR count). The van der Waals surface area contributed by atoms with Gasteiger partial charge in [0.2, 0.25) is 5.91 Å². The zero-order valence-electron chi connectivity index (χ0n) is 9.18. The second kappa shape index (κ2) is 5.03. The van der Waals surface area contributed by atoms with Gasteiger partial charge < -0.3 is 11.5 Å². The van der Waals surface area contributed by atoms with Crippen molar-refractivity contribution in [2.45, 2.75) is 17.4 Å². The number of carbonyl (C=O) groups excluding carboxylic acids is 1. The highest BCUT2D eigenvalue weighted by Gasteiger charge is 2.19. The Bertz CT molecular complexity index is 542. The smallest absolute Gasteiger partial charge is 0.219 e.